The minimum absolute atomic E-state index is 0.00769. The molecule has 3 N–H and O–H groups in total. The largest absolute Gasteiger partial charge is 0.399 e. The molecule has 0 heterocycles. The molecule has 0 aromatic heterocycles. The van der Waals surface area contributed by atoms with Gasteiger partial charge in [-0.1, -0.05) is 0 Å². The molecular formula is C12H15N3O2S. The predicted octanol–water partition coefficient (Wildman–Crippen LogP) is 1.22. The Kier molecular flexibility index (Phi) is 3.28. The van der Waals surface area contributed by atoms with Crippen molar-refractivity contribution in [3.8, 4) is 6.07 Å². The highest BCUT2D eigenvalue weighted by molar-refractivity contribution is 7.89. The minimum atomic E-state index is -3.65. The summed E-state index contributed by atoms with van der Waals surface area (Å²) < 4.78 is 26.9. The normalized spacial score (nSPS) is 17.1. The molecule has 1 atom stereocenters. The van der Waals surface area contributed by atoms with E-state index in [0.29, 0.717) is 11.6 Å². The Morgan fingerprint density at radius 1 is 1.50 bits per heavy atom. The summed E-state index contributed by atoms with van der Waals surface area (Å²) in [7, 11) is -3.65. The number of nitrogens with zero attached hydrogens (tertiary/aromatic N) is 1. The summed E-state index contributed by atoms with van der Waals surface area (Å²) in [5, 5.41) is 8.96. The number of nitrogen functional groups attached to an aromatic ring is 1. The third kappa shape index (κ3) is 2.63. The Labute approximate surface area is 107 Å². The van der Waals surface area contributed by atoms with E-state index >= 15 is 0 Å². The molecule has 96 valence electrons. The number of anilines is 1. The van der Waals surface area contributed by atoms with Crippen molar-refractivity contribution in [1.82, 2.24) is 4.72 Å². The van der Waals surface area contributed by atoms with Crippen LogP contribution in [0.5, 0.6) is 0 Å². The van der Waals surface area contributed by atoms with Gasteiger partial charge in [0.1, 0.15) is 6.07 Å². The number of rotatable bonds is 4. The van der Waals surface area contributed by atoms with Crippen molar-refractivity contribution >= 4 is 15.7 Å². The van der Waals surface area contributed by atoms with Crippen molar-refractivity contribution in [2.24, 2.45) is 5.92 Å². The second kappa shape index (κ2) is 4.59. The van der Waals surface area contributed by atoms with Crippen molar-refractivity contribution in [2.75, 3.05) is 5.73 Å². The van der Waals surface area contributed by atoms with Gasteiger partial charge in [-0.3, -0.25) is 0 Å². The summed E-state index contributed by atoms with van der Waals surface area (Å²) in [5.74, 6) is 0.416. The van der Waals surface area contributed by atoms with E-state index in [9.17, 15) is 8.42 Å². The van der Waals surface area contributed by atoms with Crippen molar-refractivity contribution in [1.29, 1.82) is 5.26 Å². The molecule has 0 saturated heterocycles. The number of sulfonamides is 1. The first kappa shape index (κ1) is 12.9. The lowest BCUT2D eigenvalue weighted by atomic mass is 10.2. The average Bonchev–Trinajstić information content (AvgIpc) is 3.11. The Morgan fingerprint density at radius 3 is 2.72 bits per heavy atom. The smallest absolute Gasteiger partial charge is 0.242 e. The first-order valence-corrected chi connectivity index (χ1v) is 7.24. The summed E-state index contributed by atoms with van der Waals surface area (Å²) in [4.78, 5) is -0.00769. The van der Waals surface area contributed by atoms with Crippen LogP contribution in [-0.4, -0.2) is 14.5 Å². The fourth-order valence-corrected chi connectivity index (χ4v) is 3.32. The zero-order valence-electron chi connectivity index (χ0n) is 10.1. The summed E-state index contributed by atoms with van der Waals surface area (Å²) in [6.45, 7) is 1.85. The molecule has 6 heteroatoms. The van der Waals surface area contributed by atoms with Gasteiger partial charge >= 0.3 is 0 Å². The quantitative estimate of drug-likeness (QED) is 0.800. The Bertz CT molecular complexity index is 600. The van der Waals surface area contributed by atoms with Crippen LogP contribution in [0.4, 0.5) is 5.69 Å². The highest BCUT2D eigenvalue weighted by Gasteiger charge is 2.31. The monoisotopic (exact) mass is 265 g/mol. The van der Waals surface area contributed by atoms with Gasteiger partial charge in [-0.15, -0.1) is 0 Å². The van der Waals surface area contributed by atoms with Crippen molar-refractivity contribution < 1.29 is 8.42 Å². The van der Waals surface area contributed by atoms with Gasteiger partial charge in [0.2, 0.25) is 10.0 Å². The maximum atomic E-state index is 12.2. The summed E-state index contributed by atoms with van der Waals surface area (Å²) in [6.07, 6.45) is 2.10. The molecule has 0 aliphatic heterocycles. The van der Waals surface area contributed by atoms with Crippen LogP contribution in [0, 0.1) is 17.2 Å². The average molecular weight is 265 g/mol. The van der Waals surface area contributed by atoms with Crippen LogP contribution in [0.3, 0.4) is 0 Å². The van der Waals surface area contributed by atoms with Gasteiger partial charge in [0.15, 0.2) is 0 Å². The topological polar surface area (TPSA) is 96.0 Å². The molecule has 0 amide bonds. The fraction of sp³-hybridized carbons (Fsp3) is 0.417. The summed E-state index contributed by atoms with van der Waals surface area (Å²) in [6, 6.07) is 5.99. The Morgan fingerprint density at radius 2 is 2.17 bits per heavy atom. The third-order valence-corrected chi connectivity index (χ3v) is 4.70. The standard InChI is InChI=1S/C12H15N3O2S/c1-8(9-2-3-9)15-18(16,17)12-5-4-11(14)6-10(12)7-13/h4-6,8-9,15H,2-3,14H2,1H3. The van der Waals surface area contributed by atoms with Crippen molar-refractivity contribution in [2.45, 2.75) is 30.7 Å². The number of hydrogen-bond acceptors (Lipinski definition) is 4. The molecule has 0 bridgehead atoms. The van der Waals surface area contributed by atoms with Crippen molar-refractivity contribution in [3.05, 3.63) is 23.8 Å². The van der Waals surface area contributed by atoms with Gasteiger partial charge in [-0.05, 0) is 43.9 Å². The molecule has 1 aromatic carbocycles. The lowest BCUT2D eigenvalue weighted by molar-refractivity contribution is 0.538. The van der Waals surface area contributed by atoms with E-state index < -0.39 is 10.0 Å². The fourth-order valence-electron chi connectivity index (χ4n) is 1.87. The van der Waals surface area contributed by atoms with Gasteiger partial charge < -0.3 is 5.73 Å². The maximum absolute atomic E-state index is 12.2. The molecular weight excluding hydrogens is 250 g/mol. The first-order chi connectivity index (χ1) is 8.44. The van der Waals surface area contributed by atoms with Crippen LogP contribution in [0.2, 0.25) is 0 Å². The lowest BCUT2D eigenvalue weighted by Crippen LogP contribution is -2.34. The molecule has 1 saturated carbocycles. The second-order valence-electron chi connectivity index (χ2n) is 4.61. The molecule has 1 aliphatic rings. The van der Waals surface area contributed by atoms with Gasteiger partial charge in [0, 0.05) is 11.7 Å². The van der Waals surface area contributed by atoms with E-state index in [1.165, 1.54) is 18.2 Å². The predicted molar refractivity (Wildman–Crippen MR) is 68.1 cm³/mol. The number of benzene rings is 1. The van der Waals surface area contributed by atoms with Crippen LogP contribution in [0.1, 0.15) is 25.3 Å². The molecule has 18 heavy (non-hydrogen) atoms. The summed E-state index contributed by atoms with van der Waals surface area (Å²) >= 11 is 0. The minimum Gasteiger partial charge on any atom is -0.399 e. The van der Waals surface area contributed by atoms with E-state index in [0.717, 1.165) is 12.8 Å². The number of nitrogens with two attached hydrogens (primary N) is 1. The molecule has 2 rings (SSSR count). The van der Waals surface area contributed by atoms with Gasteiger partial charge in [0.05, 0.1) is 10.5 Å². The van der Waals surface area contributed by atoms with E-state index in [4.69, 9.17) is 11.0 Å². The van der Waals surface area contributed by atoms with Crippen LogP contribution < -0.4 is 10.5 Å². The molecule has 1 aliphatic carbocycles. The van der Waals surface area contributed by atoms with Crippen LogP contribution in [0.15, 0.2) is 23.1 Å². The first-order valence-electron chi connectivity index (χ1n) is 5.76. The van der Waals surface area contributed by atoms with E-state index in [2.05, 4.69) is 4.72 Å². The molecule has 0 spiro atoms. The van der Waals surface area contributed by atoms with Crippen LogP contribution in [-0.2, 0) is 10.0 Å². The second-order valence-corrected chi connectivity index (χ2v) is 6.30. The molecule has 5 nitrogen and oxygen atoms in total. The van der Waals surface area contributed by atoms with E-state index in [1.54, 1.807) is 0 Å². The SMILES string of the molecule is CC(NS(=O)(=O)c1ccc(N)cc1C#N)C1CC1. The highest BCUT2D eigenvalue weighted by Crippen LogP contribution is 2.33. The summed E-state index contributed by atoms with van der Waals surface area (Å²) in [5.41, 5.74) is 5.99. The Hall–Kier alpha value is -1.58. The van der Waals surface area contributed by atoms with Crippen LogP contribution in [0.25, 0.3) is 0 Å². The number of nitriles is 1. The van der Waals surface area contributed by atoms with Gasteiger partial charge in [0.25, 0.3) is 0 Å². The highest BCUT2D eigenvalue weighted by atomic mass is 32.2. The van der Waals surface area contributed by atoms with E-state index in [-0.39, 0.29) is 16.5 Å². The maximum Gasteiger partial charge on any atom is 0.242 e. The van der Waals surface area contributed by atoms with E-state index in [1.807, 2.05) is 13.0 Å². The number of nitrogens with one attached hydrogen (secondary N) is 1. The Balaban J connectivity index is 2.32. The zero-order chi connectivity index (χ0) is 13.3. The molecule has 1 aromatic rings. The zero-order valence-corrected chi connectivity index (χ0v) is 10.9. The van der Waals surface area contributed by atoms with Crippen molar-refractivity contribution in [3.63, 3.8) is 0 Å². The molecule has 0 radical (unpaired) electrons. The van der Waals surface area contributed by atoms with Gasteiger partial charge in [-0.2, -0.15) is 5.26 Å². The molecule has 1 fully saturated rings. The molecule has 1 unspecified atom stereocenters. The van der Waals surface area contributed by atoms with Crippen LogP contribution >= 0.6 is 0 Å². The lowest BCUT2D eigenvalue weighted by Gasteiger charge is -2.14. The van der Waals surface area contributed by atoms with Gasteiger partial charge in [-0.25, -0.2) is 13.1 Å². The third-order valence-electron chi connectivity index (χ3n) is 3.08. The number of hydrogen-bond donors (Lipinski definition) is 2.